The number of aliphatic imine (C=N–C) groups is 1. The molecule has 0 aromatic rings. The van der Waals surface area contributed by atoms with Gasteiger partial charge in [0.05, 0.1) is 0 Å². The number of amides is 2. The molecule has 3 N–H and O–H groups in total. The zero-order valence-electron chi connectivity index (χ0n) is 8.13. The van der Waals surface area contributed by atoms with Gasteiger partial charge in [0.25, 0.3) is 0 Å². The average Bonchev–Trinajstić information content (AvgIpc) is 2.02. The Labute approximate surface area is 77.4 Å². The highest BCUT2D eigenvalue weighted by Crippen LogP contribution is 1.84. The molecule has 0 saturated carbocycles. The van der Waals surface area contributed by atoms with Crippen LogP contribution in [0.1, 0.15) is 27.2 Å². The van der Waals surface area contributed by atoms with Crippen LogP contribution in [0, 0.1) is 0 Å². The van der Waals surface area contributed by atoms with Crippen LogP contribution in [0.25, 0.3) is 0 Å². The van der Waals surface area contributed by atoms with Crippen LogP contribution in [0.15, 0.2) is 4.99 Å². The number of hydrogen-bond acceptors (Lipinski definition) is 2. The second-order valence-corrected chi connectivity index (χ2v) is 2.89. The van der Waals surface area contributed by atoms with E-state index in [1.165, 1.54) is 0 Å². The lowest BCUT2D eigenvalue weighted by Gasteiger charge is -2.04. The van der Waals surface area contributed by atoms with Crippen molar-refractivity contribution in [3.05, 3.63) is 0 Å². The maximum atomic E-state index is 11.0. The number of carbonyl (C=O) groups is 2. The van der Waals surface area contributed by atoms with Crippen molar-refractivity contribution in [2.45, 2.75) is 33.2 Å². The third-order valence-electron chi connectivity index (χ3n) is 1.22. The minimum absolute atomic E-state index is 0.0745. The van der Waals surface area contributed by atoms with E-state index < -0.39 is 11.8 Å². The van der Waals surface area contributed by atoms with E-state index in [9.17, 15) is 9.59 Å². The fourth-order valence-electron chi connectivity index (χ4n) is 0.584. The maximum Gasteiger partial charge on any atom is 0.336 e. The number of rotatable bonds is 2. The summed E-state index contributed by atoms with van der Waals surface area (Å²) in [4.78, 5) is 25.3. The Morgan fingerprint density at radius 3 is 2.38 bits per heavy atom. The molecule has 0 aliphatic carbocycles. The van der Waals surface area contributed by atoms with E-state index in [0.29, 0.717) is 6.42 Å². The van der Waals surface area contributed by atoms with Crippen molar-refractivity contribution in [3.63, 3.8) is 0 Å². The third kappa shape index (κ3) is 4.95. The average molecular weight is 185 g/mol. The summed E-state index contributed by atoms with van der Waals surface area (Å²) >= 11 is 0. The van der Waals surface area contributed by atoms with Gasteiger partial charge < -0.3 is 11.1 Å². The number of hydrogen-bond donors (Lipinski definition) is 2. The van der Waals surface area contributed by atoms with Crippen molar-refractivity contribution in [2.75, 3.05) is 0 Å². The Balaban J connectivity index is 4.20. The van der Waals surface area contributed by atoms with Gasteiger partial charge in [0.1, 0.15) is 5.84 Å². The monoisotopic (exact) mass is 185 g/mol. The Morgan fingerprint density at radius 2 is 2.00 bits per heavy atom. The van der Waals surface area contributed by atoms with E-state index in [-0.39, 0.29) is 11.9 Å². The molecule has 2 amide bonds. The summed E-state index contributed by atoms with van der Waals surface area (Å²) in [6.07, 6.45) is 0.459. The molecule has 0 spiro atoms. The predicted molar refractivity (Wildman–Crippen MR) is 50.2 cm³/mol. The zero-order valence-corrected chi connectivity index (χ0v) is 8.13. The maximum absolute atomic E-state index is 11.0. The molecule has 0 aromatic heterocycles. The van der Waals surface area contributed by atoms with Crippen LogP contribution in [-0.2, 0) is 9.59 Å². The van der Waals surface area contributed by atoms with Crippen molar-refractivity contribution in [2.24, 2.45) is 10.7 Å². The van der Waals surface area contributed by atoms with Crippen LogP contribution >= 0.6 is 0 Å². The summed E-state index contributed by atoms with van der Waals surface area (Å²) < 4.78 is 0. The highest BCUT2D eigenvalue weighted by Gasteiger charge is 2.13. The Morgan fingerprint density at radius 1 is 1.46 bits per heavy atom. The molecule has 0 heterocycles. The number of nitrogens with zero attached hydrogens (tertiary/aromatic N) is 1. The minimum atomic E-state index is -0.840. The van der Waals surface area contributed by atoms with Crippen LogP contribution in [0.4, 0.5) is 0 Å². The predicted octanol–water partition coefficient (Wildman–Crippen LogP) is -0.195. The van der Waals surface area contributed by atoms with Crippen LogP contribution in [0.5, 0.6) is 0 Å². The lowest BCUT2D eigenvalue weighted by atomic mass is 10.4. The second-order valence-electron chi connectivity index (χ2n) is 2.89. The lowest BCUT2D eigenvalue weighted by molar-refractivity contribution is -0.137. The van der Waals surface area contributed by atoms with Gasteiger partial charge in [-0.1, -0.05) is 6.92 Å². The molecular formula is C8H15N3O2. The molecule has 0 aromatic carbocycles. The van der Waals surface area contributed by atoms with Crippen molar-refractivity contribution in [1.29, 1.82) is 0 Å². The Hall–Kier alpha value is -1.39. The first kappa shape index (κ1) is 11.6. The van der Waals surface area contributed by atoms with Crippen LogP contribution in [0.2, 0.25) is 0 Å². The molecule has 0 atom stereocenters. The van der Waals surface area contributed by atoms with Gasteiger partial charge in [-0.3, -0.25) is 9.59 Å². The summed E-state index contributed by atoms with van der Waals surface area (Å²) in [6, 6.07) is -0.0745. The van der Waals surface area contributed by atoms with E-state index in [0.717, 1.165) is 0 Å². The van der Waals surface area contributed by atoms with Crippen molar-refractivity contribution in [1.82, 2.24) is 5.32 Å². The molecule has 0 rings (SSSR count). The van der Waals surface area contributed by atoms with Gasteiger partial charge in [-0.05, 0) is 13.8 Å². The van der Waals surface area contributed by atoms with E-state index in [1.54, 1.807) is 20.8 Å². The summed E-state index contributed by atoms with van der Waals surface area (Å²) in [7, 11) is 0. The summed E-state index contributed by atoms with van der Waals surface area (Å²) in [6.45, 7) is 5.28. The molecule has 5 heteroatoms. The Bertz CT molecular complexity index is 234. The van der Waals surface area contributed by atoms with Gasteiger partial charge >= 0.3 is 11.8 Å². The molecule has 0 bridgehead atoms. The highest BCUT2D eigenvalue weighted by atomic mass is 16.2. The van der Waals surface area contributed by atoms with E-state index in [2.05, 4.69) is 10.3 Å². The van der Waals surface area contributed by atoms with E-state index in [1.807, 2.05) is 0 Å². The summed E-state index contributed by atoms with van der Waals surface area (Å²) in [5.74, 6) is -1.39. The fourth-order valence-corrected chi connectivity index (χ4v) is 0.584. The Kier molecular flexibility index (Phi) is 4.72. The standard InChI is InChI=1S/C8H15N3O2/c1-4-6(9)11-8(13)7(12)10-5(2)3/h5H,4H2,1-3H3,(H,10,12)(H2,9,11,13). The van der Waals surface area contributed by atoms with E-state index >= 15 is 0 Å². The quantitative estimate of drug-likeness (QED) is 0.355. The van der Waals surface area contributed by atoms with Crippen LogP contribution in [0.3, 0.4) is 0 Å². The van der Waals surface area contributed by atoms with Gasteiger partial charge in [0, 0.05) is 12.5 Å². The number of nitrogens with two attached hydrogens (primary N) is 1. The molecular weight excluding hydrogens is 170 g/mol. The van der Waals surface area contributed by atoms with Crippen molar-refractivity contribution >= 4 is 17.6 Å². The lowest BCUT2D eigenvalue weighted by Crippen LogP contribution is -2.35. The highest BCUT2D eigenvalue weighted by molar-refractivity contribution is 6.37. The minimum Gasteiger partial charge on any atom is -0.387 e. The third-order valence-corrected chi connectivity index (χ3v) is 1.22. The zero-order chi connectivity index (χ0) is 10.4. The second kappa shape index (κ2) is 5.29. The molecule has 0 radical (unpaired) electrons. The van der Waals surface area contributed by atoms with Gasteiger partial charge in [-0.2, -0.15) is 4.99 Å². The van der Waals surface area contributed by atoms with Gasteiger partial charge in [0.15, 0.2) is 0 Å². The van der Waals surface area contributed by atoms with Gasteiger partial charge in [0.2, 0.25) is 0 Å². The summed E-state index contributed by atoms with van der Waals surface area (Å²) in [5.41, 5.74) is 5.29. The fraction of sp³-hybridized carbons (Fsp3) is 0.625. The largest absolute Gasteiger partial charge is 0.387 e. The molecule has 0 aliphatic rings. The van der Waals surface area contributed by atoms with Crippen molar-refractivity contribution < 1.29 is 9.59 Å². The summed E-state index contributed by atoms with van der Waals surface area (Å²) in [5, 5.41) is 2.42. The van der Waals surface area contributed by atoms with Gasteiger partial charge in [-0.15, -0.1) is 0 Å². The first-order chi connectivity index (χ1) is 5.97. The molecule has 0 unspecified atom stereocenters. The van der Waals surface area contributed by atoms with Crippen molar-refractivity contribution in [3.8, 4) is 0 Å². The topological polar surface area (TPSA) is 84.5 Å². The normalized spacial score (nSPS) is 11.5. The van der Waals surface area contributed by atoms with Crippen LogP contribution in [-0.4, -0.2) is 23.7 Å². The van der Waals surface area contributed by atoms with Crippen LogP contribution < -0.4 is 11.1 Å². The smallest absolute Gasteiger partial charge is 0.336 e. The molecule has 0 fully saturated rings. The molecule has 0 saturated heterocycles. The van der Waals surface area contributed by atoms with E-state index in [4.69, 9.17) is 5.73 Å². The molecule has 13 heavy (non-hydrogen) atoms. The molecule has 74 valence electrons. The van der Waals surface area contributed by atoms with Gasteiger partial charge in [-0.25, -0.2) is 0 Å². The number of amidine groups is 1. The molecule has 5 nitrogen and oxygen atoms in total. The first-order valence-corrected chi connectivity index (χ1v) is 4.15. The number of nitrogens with one attached hydrogen (secondary N) is 1. The number of carbonyl (C=O) groups excluding carboxylic acids is 2. The molecule has 0 aliphatic heterocycles. The SMILES string of the molecule is CCC(N)=NC(=O)C(=O)NC(C)C. The first-order valence-electron chi connectivity index (χ1n) is 4.15.